The molecule has 20 heavy (non-hydrogen) atoms. The van der Waals surface area contributed by atoms with Gasteiger partial charge in [0.1, 0.15) is 5.75 Å². The number of aryl methyl sites for hydroxylation is 1. The molecule has 1 atom stereocenters. The van der Waals surface area contributed by atoms with Gasteiger partial charge in [-0.15, -0.1) is 0 Å². The monoisotopic (exact) mass is 273 g/mol. The average Bonchev–Trinajstić information content (AvgIpc) is 2.58. The Kier molecular flexibility index (Phi) is 3.53. The lowest BCUT2D eigenvalue weighted by Crippen LogP contribution is -2.37. The van der Waals surface area contributed by atoms with E-state index in [1.54, 1.807) is 0 Å². The lowest BCUT2D eigenvalue weighted by molar-refractivity contribution is 0.265. The summed E-state index contributed by atoms with van der Waals surface area (Å²) >= 11 is 0. The minimum atomic E-state index is -0.198. The molecule has 1 unspecified atom stereocenters. The molecule has 2 N–H and O–H groups in total. The van der Waals surface area contributed by atoms with Crippen LogP contribution in [0.3, 0.4) is 0 Å². The van der Waals surface area contributed by atoms with E-state index >= 15 is 0 Å². The second-order valence-corrected chi connectivity index (χ2v) is 7.42. The fourth-order valence-electron chi connectivity index (χ4n) is 3.74. The van der Waals surface area contributed by atoms with E-state index in [1.165, 1.54) is 30.4 Å². The van der Waals surface area contributed by atoms with Crippen molar-refractivity contribution in [2.45, 2.75) is 64.3 Å². The molecule has 1 fully saturated rings. The third kappa shape index (κ3) is 2.58. The molecular weight excluding hydrogens is 246 g/mol. The van der Waals surface area contributed by atoms with Crippen LogP contribution in [0.2, 0.25) is 0 Å². The Balaban J connectivity index is 1.95. The number of ether oxygens (including phenoxy) is 1. The van der Waals surface area contributed by atoms with Crippen molar-refractivity contribution in [2.75, 3.05) is 6.61 Å². The summed E-state index contributed by atoms with van der Waals surface area (Å²) in [7, 11) is 0. The van der Waals surface area contributed by atoms with E-state index in [9.17, 15) is 0 Å². The van der Waals surface area contributed by atoms with Crippen molar-refractivity contribution in [3.05, 3.63) is 29.3 Å². The van der Waals surface area contributed by atoms with Crippen molar-refractivity contribution >= 4 is 0 Å². The molecule has 1 heterocycles. The third-order valence-electron chi connectivity index (χ3n) is 5.19. The van der Waals surface area contributed by atoms with Gasteiger partial charge in [-0.2, -0.15) is 0 Å². The van der Waals surface area contributed by atoms with Gasteiger partial charge in [0.25, 0.3) is 0 Å². The van der Waals surface area contributed by atoms with Crippen LogP contribution in [0.15, 0.2) is 18.2 Å². The van der Waals surface area contributed by atoms with Crippen LogP contribution in [0.25, 0.3) is 0 Å². The molecule has 1 aliphatic heterocycles. The maximum absolute atomic E-state index is 6.85. The lowest BCUT2D eigenvalue weighted by Gasteiger charge is -2.33. The van der Waals surface area contributed by atoms with E-state index in [4.69, 9.17) is 10.5 Å². The minimum Gasteiger partial charge on any atom is -0.493 e. The molecule has 2 nitrogen and oxygen atoms in total. The van der Waals surface area contributed by atoms with Crippen LogP contribution in [0.5, 0.6) is 5.75 Å². The Labute approximate surface area is 122 Å². The second-order valence-electron chi connectivity index (χ2n) is 7.42. The van der Waals surface area contributed by atoms with Crippen LogP contribution >= 0.6 is 0 Å². The zero-order chi connectivity index (χ0) is 14.2. The molecule has 110 valence electrons. The quantitative estimate of drug-likeness (QED) is 0.780. The first-order chi connectivity index (χ1) is 9.50. The Morgan fingerprint density at radius 3 is 2.75 bits per heavy atom. The zero-order valence-corrected chi connectivity index (χ0v) is 12.9. The topological polar surface area (TPSA) is 35.2 Å². The van der Waals surface area contributed by atoms with E-state index in [-0.39, 0.29) is 5.54 Å². The number of para-hydroxylation sites is 1. The first-order valence-corrected chi connectivity index (χ1v) is 8.04. The number of benzene rings is 1. The largest absolute Gasteiger partial charge is 0.493 e. The second kappa shape index (κ2) is 5.07. The number of fused-ring (bicyclic) bond motifs is 1. The molecule has 0 saturated heterocycles. The molecule has 3 rings (SSSR count). The number of hydrogen-bond acceptors (Lipinski definition) is 2. The maximum atomic E-state index is 6.85. The predicted molar refractivity (Wildman–Crippen MR) is 83.0 cm³/mol. The zero-order valence-electron chi connectivity index (χ0n) is 12.9. The summed E-state index contributed by atoms with van der Waals surface area (Å²) in [6.45, 7) is 5.58. The van der Waals surface area contributed by atoms with Gasteiger partial charge in [-0.3, -0.25) is 0 Å². The maximum Gasteiger partial charge on any atom is 0.127 e. The first-order valence-electron chi connectivity index (χ1n) is 8.04. The highest BCUT2D eigenvalue weighted by Crippen LogP contribution is 2.45. The van der Waals surface area contributed by atoms with Gasteiger partial charge >= 0.3 is 0 Å². The van der Waals surface area contributed by atoms with Crippen molar-refractivity contribution < 1.29 is 4.74 Å². The fourth-order valence-corrected chi connectivity index (χ4v) is 3.74. The van der Waals surface area contributed by atoms with Gasteiger partial charge < -0.3 is 10.5 Å². The Morgan fingerprint density at radius 2 is 1.90 bits per heavy atom. The molecule has 0 spiro atoms. The highest BCUT2D eigenvalue weighted by atomic mass is 16.5. The molecule has 1 aromatic rings. The molecule has 2 heteroatoms. The highest BCUT2D eigenvalue weighted by molar-refractivity contribution is 5.46. The highest BCUT2D eigenvalue weighted by Gasteiger charge is 2.36. The Hall–Kier alpha value is -1.02. The van der Waals surface area contributed by atoms with E-state index in [0.717, 1.165) is 38.0 Å². The SMILES string of the molecule is CC1(C)CCCC(N)(c2cccc3c2OCCC3)CC1. The fraction of sp³-hybridized carbons (Fsp3) is 0.667. The van der Waals surface area contributed by atoms with E-state index in [0.29, 0.717) is 5.41 Å². The van der Waals surface area contributed by atoms with Gasteiger partial charge in [0.15, 0.2) is 0 Å². The van der Waals surface area contributed by atoms with E-state index < -0.39 is 0 Å². The predicted octanol–water partition coefficient (Wildman–Crippen LogP) is 4.16. The molecule has 0 bridgehead atoms. The molecule has 0 amide bonds. The standard InChI is InChI=1S/C18H27NO/c1-17(2)9-5-10-18(19,12-11-17)15-8-3-6-14-7-4-13-20-16(14)15/h3,6,8H,4-5,7,9-13,19H2,1-2H3. The van der Waals surface area contributed by atoms with Gasteiger partial charge in [0.2, 0.25) is 0 Å². The van der Waals surface area contributed by atoms with Crippen molar-refractivity contribution in [3.63, 3.8) is 0 Å². The van der Waals surface area contributed by atoms with E-state index in [1.807, 2.05) is 0 Å². The average molecular weight is 273 g/mol. The van der Waals surface area contributed by atoms with Crippen LogP contribution in [-0.2, 0) is 12.0 Å². The van der Waals surface area contributed by atoms with Crippen molar-refractivity contribution in [1.29, 1.82) is 0 Å². The third-order valence-corrected chi connectivity index (χ3v) is 5.19. The lowest BCUT2D eigenvalue weighted by atomic mass is 9.80. The summed E-state index contributed by atoms with van der Waals surface area (Å²) in [4.78, 5) is 0. The number of nitrogens with two attached hydrogens (primary N) is 1. The normalized spacial score (nSPS) is 29.1. The molecule has 0 aromatic heterocycles. The summed E-state index contributed by atoms with van der Waals surface area (Å²) in [6.07, 6.45) is 8.10. The van der Waals surface area contributed by atoms with Crippen LogP contribution in [0, 0.1) is 5.41 Å². The summed E-state index contributed by atoms with van der Waals surface area (Å²) in [6, 6.07) is 6.55. The van der Waals surface area contributed by atoms with Crippen LogP contribution in [-0.4, -0.2) is 6.61 Å². The van der Waals surface area contributed by atoms with Gasteiger partial charge in [-0.1, -0.05) is 38.5 Å². The van der Waals surface area contributed by atoms with Crippen molar-refractivity contribution in [1.82, 2.24) is 0 Å². The summed E-state index contributed by atoms with van der Waals surface area (Å²) in [5, 5.41) is 0. The molecular formula is C18H27NO. The van der Waals surface area contributed by atoms with E-state index in [2.05, 4.69) is 32.0 Å². The van der Waals surface area contributed by atoms with Crippen LogP contribution in [0.4, 0.5) is 0 Å². The summed E-state index contributed by atoms with van der Waals surface area (Å²) in [5.74, 6) is 1.10. The van der Waals surface area contributed by atoms with Gasteiger partial charge in [-0.05, 0) is 49.5 Å². The smallest absolute Gasteiger partial charge is 0.127 e. The van der Waals surface area contributed by atoms with Gasteiger partial charge in [-0.25, -0.2) is 0 Å². The number of rotatable bonds is 1. The van der Waals surface area contributed by atoms with Crippen molar-refractivity contribution in [2.24, 2.45) is 11.1 Å². The van der Waals surface area contributed by atoms with Crippen molar-refractivity contribution in [3.8, 4) is 5.75 Å². The molecule has 1 aliphatic carbocycles. The first kappa shape index (κ1) is 13.9. The molecule has 2 aliphatic rings. The summed E-state index contributed by atoms with van der Waals surface area (Å²) < 4.78 is 5.99. The van der Waals surface area contributed by atoms with Crippen LogP contribution < -0.4 is 10.5 Å². The number of hydrogen-bond donors (Lipinski definition) is 1. The molecule has 1 aromatic carbocycles. The minimum absolute atomic E-state index is 0.198. The van der Waals surface area contributed by atoms with Gasteiger partial charge in [0.05, 0.1) is 6.61 Å². The Morgan fingerprint density at radius 1 is 1.05 bits per heavy atom. The molecule has 1 saturated carbocycles. The van der Waals surface area contributed by atoms with Gasteiger partial charge in [0, 0.05) is 11.1 Å². The summed E-state index contributed by atoms with van der Waals surface area (Å²) in [5.41, 5.74) is 9.68. The Bertz CT molecular complexity index is 494. The van der Waals surface area contributed by atoms with Crippen LogP contribution in [0.1, 0.15) is 63.5 Å². The molecule has 0 radical (unpaired) electrons.